The maximum absolute atomic E-state index is 12.5. The zero-order chi connectivity index (χ0) is 19.7. The van der Waals surface area contributed by atoms with E-state index in [4.69, 9.17) is 18.0 Å². The first kappa shape index (κ1) is 18.4. The van der Waals surface area contributed by atoms with Gasteiger partial charge in [0.15, 0.2) is 0 Å². The molecule has 0 saturated carbocycles. The molecule has 0 aliphatic heterocycles. The van der Waals surface area contributed by atoms with Crippen molar-refractivity contribution in [3.63, 3.8) is 0 Å². The van der Waals surface area contributed by atoms with Gasteiger partial charge in [-0.3, -0.25) is 4.79 Å². The van der Waals surface area contributed by atoms with Crippen molar-refractivity contribution in [2.75, 3.05) is 0 Å². The summed E-state index contributed by atoms with van der Waals surface area (Å²) in [5, 5.41) is 2.48. The van der Waals surface area contributed by atoms with Crippen LogP contribution in [0, 0.1) is 12.3 Å². The van der Waals surface area contributed by atoms with E-state index in [1.165, 1.54) is 0 Å². The fourth-order valence-electron chi connectivity index (χ4n) is 3.02. The summed E-state index contributed by atoms with van der Waals surface area (Å²) in [5.74, 6) is 2.65. The Kier molecular flexibility index (Phi) is 4.95. The fourth-order valence-corrected chi connectivity index (χ4v) is 3.95. The number of nitrogens with zero attached hydrogens (tertiary/aromatic N) is 2. The van der Waals surface area contributed by atoms with Gasteiger partial charge in [0.05, 0.1) is 11.7 Å². The Labute approximate surface area is 172 Å². The van der Waals surface area contributed by atoms with Crippen molar-refractivity contribution >= 4 is 34.3 Å². The summed E-state index contributed by atoms with van der Waals surface area (Å²) in [6.45, 7) is 0. The number of aryl methyl sites for hydroxylation is 1. The molecular formula is C23H15ClN2OS. The lowest BCUT2D eigenvalue weighted by Crippen LogP contribution is -2.16. The van der Waals surface area contributed by atoms with Crippen molar-refractivity contribution in [3.05, 3.63) is 87.8 Å². The number of rotatable bonds is 3. The quantitative estimate of drug-likeness (QED) is 0.431. The average Bonchev–Trinajstić information content (AvgIpc) is 2.72. The first-order valence-electron chi connectivity index (χ1n) is 8.55. The predicted octanol–water partition coefficient (Wildman–Crippen LogP) is 5.39. The van der Waals surface area contributed by atoms with Gasteiger partial charge >= 0.3 is 0 Å². The van der Waals surface area contributed by atoms with Crippen LogP contribution < -0.4 is 5.56 Å². The predicted molar refractivity (Wildman–Crippen MR) is 116 cm³/mol. The third-order valence-electron chi connectivity index (χ3n) is 4.48. The van der Waals surface area contributed by atoms with Gasteiger partial charge in [-0.1, -0.05) is 41.4 Å². The number of terminal acetylenes is 1. The van der Waals surface area contributed by atoms with Crippen molar-refractivity contribution in [3.8, 4) is 23.5 Å². The second-order valence-electron chi connectivity index (χ2n) is 6.28. The molecule has 0 amide bonds. The summed E-state index contributed by atoms with van der Waals surface area (Å²) in [6.07, 6.45) is 7.29. The molecule has 0 bridgehead atoms. The highest BCUT2D eigenvalue weighted by molar-refractivity contribution is 7.99. The molecule has 2 heterocycles. The minimum absolute atomic E-state index is 0.0893. The summed E-state index contributed by atoms with van der Waals surface area (Å²) < 4.78 is 1.60. The van der Waals surface area contributed by atoms with Gasteiger partial charge in [-0.2, -0.15) is 0 Å². The van der Waals surface area contributed by atoms with E-state index in [2.05, 4.69) is 10.9 Å². The number of pyridine rings is 2. The molecule has 5 heteroatoms. The van der Waals surface area contributed by atoms with Crippen molar-refractivity contribution in [2.24, 2.45) is 7.05 Å². The first-order chi connectivity index (χ1) is 13.5. The molecule has 0 spiro atoms. The van der Waals surface area contributed by atoms with E-state index in [0.717, 1.165) is 37.5 Å². The molecule has 0 unspecified atom stereocenters. The van der Waals surface area contributed by atoms with Crippen molar-refractivity contribution in [1.82, 2.24) is 9.55 Å². The molecule has 0 fully saturated rings. The van der Waals surface area contributed by atoms with Gasteiger partial charge in [-0.05, 0) is 53.6 Å². The zero-order valence-corrected chi connectivity index (χ0v) is 16.6. The summed E-state index contributed by atoms with van der Waals surface area (Å²) >= 11 is 7.51. The van der Waals surface area contributed by atoms with E-state index in [0.29, 0.717) is 5.02 Å². The Bertz CT molecular complexity index is 1290. The van der Waals surface area contributed by atoms with Crippen LogP contribution in [0.2, 0.25) is 5.02 Å². The van der Waals surface area contributed by atoms with Gasteiger partial charge in [0.1, 0.15) is 5.03 Å². The van der Waals surface area contributed by atoms with Crippen LogP contribution in [-0.2, 0) is 7.05 Å². The van der Waals surface area contributed by atoms with Gasteiger partial charge in [0.2, 0.25) is 0 Å². The van der Waals surface area contributed by atoms with Gasteiger partial charge in [-0.25, -0.2) is 4.98 Å². The lowest BCUT2D eigenvalue weighted by atomic mass is 10.0. The highest BCUT2D eigenvalue weighted by Crippen LogP contribution is 2.32. The van der Waals surface area contributed by atoms with Crippen LogP contribution >= 0.6 is 23.4 Å². The number of hydrogen-bond donors (Lipinski definition) is 0. The topological polar surface area (TPSA) is 34.9 Å². The Balaban J connectivity index is 1.89. The molecule has 4 rings (SSSR count). The monoisotopic (exact) mass is 402 g/mol. The third-order valence-corrected chi connectivity index (χ3v) is 5.68. The fraction of sp³-hybridized carbons (Fsp3) is 0.0435. The van der Waals surface area contributed by atoms with Crippen molar-refractivity contribution in [2.45, 2.75) is 9.92 Å². The molecule has 136 valence electrons. The highest BCUT2D eigenvalue weighted by atomic mass is 35.5. The minimum atomic E-state index is -0.0893. The number of aromatic nitrogens is 2. The summed E-state index contributed by atoms with van der Waals surface area (Å²) in [4.78, 5) is 18.0. The van der Waals surface area contributed by atoms with Crippen molar-refractivity contribution < 1.29 is 0 Å². The van der Waals surface area contributed by atoms with Crippen molar-refractivity contribution in [1.29, 1.82) is 0 Å². The molecule has 0 aliphatic rings. The van der Waals surface area contributed by atoms with E-state index in [9.17, 15) is 4.79 Å². The molecule has 0 saturated heterocycles. The molecule has 0 N–H and O–H groups in total. The Hall–Kier alpha value is -3.00. The number of hydrogen-bond acceptors (Lipinski definition) is 3. The molecule has 4 aromatic rings. The molecule has 0 radical (unpaired) electrons. The van der Waals surface area contributed by atoms with Crippen LogP contribution in [0.1, 0.15) is 5.56 Å². The molecular weight excluding hydrogens is 388 g/mol. The van der Waals surface area contributed by atoms with E-state index in [1.807, 2.05) is 54.6 Å². The van der Waals surface area contributed by atoms with Gasteiger partial charge in [-0.15, -0.1) is 6.42 Å². The summed E-state index contributed by atoms with van der Waals surface area (Å²) in [6, 6.07) is 18.9. The Morgan fingerprint density at radius 3 is 2.64 bits per heavy atom. The zero-order valence-electron chi connectivity index (χ0n) is 15.0. The van der Waals surface area contributed by atoms with Gasteiger partial charge < -0.3 is 4.57 Å². The maximum Gasteiger partial charge on any atom is 0.251 e. The number of fused-ring (bicyclic) bond motifs is 1. The van der Waals surface area contributed by atoms with E-state index >= 15 is 0 Å². The summed E-state index contributed by atoms with van der Waals surface area (Å²) in [5.41, 5.74) is 3.21. The SMILES string of the molecule is C#Cc1cccc(-c2cc(=O)n(C)c3cnc(Sc4ccc(Cl)cc4)cc23)c1. The lowest BCUT2D eigenvalue weighted by molar-refractivity contribution is 0.899. The molecule has 0 aliphatic carbocycles. The molecule has 28 heavy (non-hydrogen) atoms. The van der Waals surface area contributed by atoms with E-state index < -0.39 is 0 Å². The number of benzene rings is 2. The molecule has 3 nitrogen and oxygen atoms in total. The van der Waals surface area contributed by atoms with E-state index in [-0.39, 0.29) is 5.56 Å². The normalized spacial score (nSPS) is 10.8. The van der Waals surface area contributed by atoms with Crippen LogP contribution in [-0.4, -0.2) is 9.55 Å². The van der Waals surface area contributed by atoms with Crippen LogP contribution in [0.25, 0.3) is 22.0 Å². The molecule has 2 aromatic heterocycles. The van der Waals surface area contributed by atoms with E-state index in [1.54, 1.807) is 35.6 Å². The van der Waals surface area contributed by atoms with Gasteiger partial charge in [0.25, 0.3) is 5.56 Å². The average molecular weight is 403 g/mol. The third kappa shape index (κ3) is 3.55. The summed E-state index contributed by atoms with van der Waals surface area (Å²) in [7, 11) is 1.75. The second kappa shape index (κ2) is 7.55. The Morgan fingerprint density at radius 2 is 1.89 bits per heavy atom. The van der Waals surface area contributed by atoms with Crippen LogP contribution in [0.3, 0.4) is 0 Å². The number of halogens is 1. The first-order valence-corrected chi connectivity index (χ1v) is 9.75. The highest BCUT2D eigenvalue weighted by Gasteiger charge is 2.11. The standard InChI is InChI=1S/C23H15ClN2OS/c1-3-15-5-4-6-16(11-15)19-13-23(27)26(2)21-14-25-22(12-20(19)21)28-18-9-7-17(24)8-10-18/h1,4-14H,2H3. The minimum Gasteiger partial charge on any atom is -0.310 e. The Morgan fingerprint density at radius 1 is 1.11 bits per heavy atom. The molecule has 0 atom stereocenters. The maximum atomic E-state index is 12.5. The van der Waals surface area contributed by atoms with Crippen LogP contribution in [0.5, 0.6) is 0 Å². The second-order valence-corrected chi connectivity index (χ2v) is 7.81. The van der Waals surface area contributed by atoms with Gasteiger partial charge in [0, 0.05) is 34.0 Å². The lowest BCUT2D eigenvalue weighted by Gasteiger charge is -2.12. The van der Waals surface area contributed by atoms with Crippen LogP contribution in [0.15, 0.2) is 81.6 Å². The molecule has 2 aromatic carbocycles. The largest absolute Gasteiger partial charge is 0.310 e. The van der Waals surface area contributed by atoms with Crippen LogP contribution in [0.4, 0.5) is 0 Å². The smallest absolute Gasteiger partial charge is 0.251 e.